The van der Waals surface area contributed by atoms with E-state index in [0.29, 0.717) is 31.0 Å². The van der Waals surface area contributed by atoms with Crippen LogP contribution in [0, 0.1) is 10.1 Å². The number of non-ortho nitro benzene ring substituents is 1. The Hall–Kier alpha value is -2.76. The van der Waals surface area contributed by atoms with E-state index in [1.54, 1.807) is 0 Å². The van der Waals surface area contributed by atoms with Gasteiger partial charge in [-0.1, -0.05) is 6.07 Å². The molecule has 0 spiro atoms. The SMILES string of the molecule is COC(=O)c1ccoc1CN1CCN(S(=O)(=O)c2cccc([N+](=O)[O-])c2)CC1. The minimum atomic E-state index is -3.82. The number of nitro groups is 1. The highest BCUT2D eigenvalue weighted by Gasteiger charge is 2.30. The van der Waals surface area contributed by atoms with Crippen LogP contribution in [-0.2, 0) is 21.3 Å². The van der Waals surface area contributed by atoms with E-state index in [9.17, 15) is 23.3 Å². The number of ether oxygens (including phenoxy) is 1. The monoisotopic (exact) mass is 409 g/mol. The Morgan fingerprint density at radius 2 is 1.96 bits per heavy atom. The van der Waals surface area contributed by atoms with Crippen molar-refractivity contribution in [1.82, 2.24) is 9.21 Å². The van der Waals surface area contributed by atoms with Crippen molar-refractivity contribution >= 4 is 21.7 Å². The van der Waals surface area contributed by atoms with Gasteiger partial charge in [0.15, 0.2) is 0 Å². The summed E-state index contributed by atoms with van der Waals surface area (Å²) in [6.45, 7) is 1.64. The Labute approximate surface area is 161 Å². The van der Waals surface area contributed by atoms with Gasteiger partial charge in [0.05, 0.1) is 29.7 Å². The lowest BCUT2D eigenvalue weighted by Crippen LogP contribution is -2.48. The highest BCUT2D eigenvalue weighted by Crippen LogP contribution is 2.23. The van der Waals surface area contributed by atoms with Crippen molar-refractivity contribution in [2.24, 2.45) is 0 Å². The molecule has 0 amide bonds. The minimum absolute atomic E-state index is 0.103. The van der Waals surface area contributed by atoms with Gasteiger partial charge in [0.25, 0.3) is 5.69 Å². The molecule has 1 aliphatic rings. The van der Waals surface area contributed by atoms with Crippen molar-refractivity contribution in [2.75, 3.05) is 33.3 Å². The van der Waals surface area contributed by atoms with E-state index in [1.165, 1.54) is 41.9 Å². The number of hydrogen-bond acceptors (Lipinski definition) is 8. The number of benzene rings is 1. The predicted molar refractivity (Wildman–Crippen MR) is 97.2 cm³/mol. The smallest absolute Gasteiger partial charge is 0.341 e. The molecule has 0 aliphatic carbocycles. The average molecular weight is 409 g/mol. The number of nitrogens with zero attached hydrogens (tertiary/aromatic N) is 3. The van der Waals surface area contributed by atoms with Crippen molar-refractivity contribution in [3.8, 4) is 0 Å². The van der Waals surface area contributed by atoms with Crippen LogP contribution in [0.15, 0.2) is 45.9 Å². The zero-order valence-electron chi connectivity index (χ0n) is 15.1. The topological polar surface area (TPSA) is 123 Å². The van der Waals surface area contributed by atoms with Gasteiger partial charge in [-0.15, -0.1) is 0 Å². The molecule has 150 valence electrons. The van der Waals surface area contributed by atoms with Gasteiger partial charge in [-0.25, -0.2) is 13.2 Å². The second-order valence-electron chi connectivity index (χ2n) is 6.18. The van der Waals surface area contributed by atoms with Gasteiger partial charge in [0.2, 0.25) is 10.0 Å². The number of sulfonamides is 1. The molecule has 28 heavy (non-hydrogen) atoms. The largest absolute Gasteiger partial charge is 0.467 e. The van der Waals surface area contributed by atoms with Crippen molar-refractivity contribution in [2.45, 2.75) is 11.4 Å². The van der Waals surface area contributed by atoms with Gasteiger partial charge < -0.3 is 9.15 Å². The van der Waals surface area contributed by atoms with Crippen LogP contribution in [0.4, 0.5) is 5.69 Å². The van der Waals surface area contributed by atoms with E-state index < -0.39 is 20.9 Å². The molecule has 1 aromatic heterocycles. The Morgan fingerprint density at radius 1 is 1.25 bits per heavy atom. The summed E-state index contributed by atoms with van der Waals surface area (Å²) >= 11 is 0. The second-order valence-corrected chi connectivity index (χ2v) is 8.12. The van der Waals surface area contributed by atoms with Gasteiger partial charge in [0, 0.05) is 38.3 Å². The number of carbonyl (C=O) groups is 1. The van der Waals surface area contributed by atoms with E-state index in [2.05, 4.69) is 0 Å². The normalized spacial score (nSPS) is 16.0. The van der Waals surface area contributed by atoms with Crippen LogP contribution in [0.5, 0.6) is 0 Å². The van der Waals surface area contributed by atoms with Crippen LogP contribution in [0.25, 0.3) is 0 Å². The van der Waals surface area contributed by atoms with Crippen molar-refractivity contribution in [3.63, 3.8) is 0 Å². The van der Waals surface area contributed by atoms with Crippen LogP contribution in [0.1, 0.15) is 16.1 Å². The predicted octanol–water partition coefficient (Wildman–Crippen LogP) is 1.48. The fraction of sp³-hybridized carbons (Fsp3) is 0.353. The van der Waals surface area contributed by atoms with E-state index in [1.807, 2.05) is 4.90 Å². The van der Waals surface area contributed by atoms with E-state index in [-0.39, 0.29) is 23.7 Å². The van der Waals surface area contributed by atoms with E-state index >= 15 is 0 Å². The third-order valence-corrected chi connectivity index (χ3v) is 6.41. The highest BCUT2D eigenvalue weighted by molar-refractivity contribution is 7.89. The molecule has 0 N–H and O–H groups in total. The second kappa shape index (κ2) is 8.09. The summed E-state index contributed by atoms with van der Waals surface area (Å²) in [5.41, 5.74) is 0.0713. The van der Waals surface area contributed by atoms with E-state index in [4.69, 9.17) is 9.15 Å². The zero-order valence-corrected chi connectivity index (χ0v) is 15.9. The molecular weight excluding hydrogens is 390 g/mol. The molecule has 1 fully saturated rings. The van der Waals surface area contributed by atoms with Gasteiger partial charge >= 0.3 is 5.97 Å². The van der Waals surface area contributed by atoms with Crippen LogP contribution in [0.3, 0.4) is 0 Å². The number of nitro benzene ring substituents is 1. The molecular formula is C17H19N3O7S. The van der Waals surface area contributed by atoms with Crippen molar-refractivity contribution in [1.29, 1.82) is 0 Å². The Kier molecular flexibility index (Phi) is 5.77. The summed E-state index contributed by atoms with van der Waals surface area (Å²) < 4.78 is 36.9. The number of rotatable bonds is 6. The summed E-state index contributed by atoms with van der Waals surface area (Å²) in [7, 11) is -2.54. The fourth-order valence-corrected chi connectivity index (χ4v) is 4.45. The zero-order chi connectivity index (χ0) is 20.3. The van der Waals surface area contributed by atoms with Gasteiger partial charge in [-0.05, 0) is 12.1 Å². The van der Waals surface area contributed by atoms with Crippen LogP contribution < -0.4 is 0 Å². The lowest BCUT2D eigenvalue weighted by atomic mass is 10.2. The fourth-order valence-electron chi connectivity index (χ4n) is 2.99. The molecule has 0 unspecified atom stereocenters. The lowest BCUT2D eigenvalue weighted by molar-refractivity contribution is -0.385. The number of esters is 1. The summed E-state index contributed by atoms with van der Waals surface area (Å²) in [6, 6.07) is 6.54. The van der Waals surface area contributed by atoms with Crippen molar-refractivity contribution < 1.29 is 27.3 Å². The van der Waals surface area contributed by atoms with Crippen molar-refractivity contribution in [3.05, 3.63) is 58.0 Å². The van der Waals surface area contributed by atoms with E-state index in [0.717, 1.165) is 6.07 Å². The minimum Gasteiger partial charge on any atom is -0.467 e. The molecule has 2 aromatic rings. The first-order valence-electron chi connectivity index (χ1n) is 8.44. The maximum Gasteiger partial charge on any atom is 0.341 e. The number of hydrogen-bond donors (Lipinski definition) is 0. The summed E-state index contributed by atoms with van der Waals surface area (Å²) in [5.74, 6) is -0.0301. The molecule has 0 saturated carbocycles. The first kappa shape index (κ1) is 20.0. The third kappa shape index (κ3) is 4.06. The summed E-state index contributed by atoms with van der Waals surface area (Å²) in [4.78, 5) is 23.8. The maximum atomic E-state index is 12.8. The molecule has 3 rings (SSSR count). The molecule has 1 aliphatic heterocycles. The Balaban J connectivity index is 1.67. The molecule has 1 aromatic carbocycles. The number of furan rings is 1. The molecule has 1 saturated heterocycles. The maximum absolute atomic E-state index is 12.8. The first-order valence-corrected chi connectivity index (χ1v) is 9.88. The van der Waals surface area contributed by atoms with Crippen LogP contribution in [0.2, 0.25) is 0 Å². The number of carbonyl (C=O) groups excluding carboxylic acids is 1. The first-order chi connectivity index (χ1) is 13.3. The Bertz CT molecular complexity index is 978. The summed E-state index contributed by atoms with van der Waals surface area (Å²) in [5, 5.41) is 10.9. The summed E-state index contributed by atoms with van der Waals surface area (Å²) in [6.07, 6.45) is 1.41. The van der Waals surface area contributed by atoms with Gasteiger partial charge in [-0.3, -0.25) is 15.0 Å². The molecule has 0 radical (unpaired) electrons. The molecule has 0 atom stereocenters. The molecule has 2 heterocycles. The molecule has 0 bridgehead atoms. The highest BCUT2D eigenvalue weighted by atomic mass is 32.2. The average Bonchev–Trinajstić information content (AvgIpc) is 3.16. The molecule has 10 nitrogen and oxygen atoms in total. The van der Waals surface area contributed by atoms with Crippen LogP contribution in [-0.4, -0.2) is 61.8 Å². The lowest BCUT2D eigenvalue weighted by Gasteiger charge is -2.33. The van der Waals surface area contributed by atoms with Gasteiger partial charge in [0.1, 0.15) is 11.3 Å². The quantitative estimate of drug-likeness (QED) is 0.399. The third-order valence-electron chi connectivity index (χ3n) is 4.52. The standard InChI is InChI=1S/C17H19N3O7S/c1-26-17(21)15-5-10-27-16(15)12-18-6-8-19(9-7-18)28(24,25)14-4-2-3-13(11-14)20(22)23/h2-5,10-11H,6-9,12H2,1H3. The number of methoxy groups -OCH3 is 1. The van der Waals surface area contributed by atoms with Crippen LogP contribution >= 0.6 is 0 Å². The van der Waals surface area contributed by atoms with Gasteiger partial charge in [-0.2, -0.15) is 4.31 Å². The molecule has 11 heteroatoms. The number of piperazine rings is 1. The Morgan fingerprint density at radius 3 is 2.61 bits per heavy atom.